The maximum Gasteiger partial charge on any atom is 0.310 e. The van der Waals surface area contributed by atoms with Gasteiger partial charge in [-0.15, -0.1) is 0 Å². The number of carboxylic acids is 1. The molecule has 1 aromatic carbocycles. The van der Waals surface area contributed by atoms with Crippen LogP contribution in [0.5, 0.6) is 0 Å². The molecule has 1 aromatic rings. The molecule has 0 aromatic heterocycles. The summed E-state index contributed by atoms with van der Waals surface area (Å²) in [6, 6.07) is 9.83. The van der Waals surface area contributed by atoms with Crippen molar-refractivity contribution in [1.29, 1.82) is 0 Å². The van der Waals surface area contributed by atoms with Crippen molar-refractivity contribution in [3.8, 4) is 0 Å². The number of nitrogens with one attached hydrogen (secondary N) is 1. The minimum absolute atomic E-state index is 0.295. The molecule has 0 amide bonds. The number of carboxylic acid groups (broad SMARTS) is 1. The van der Waals surface area contributed by atoms with Crippen molar-refractivity contribution >= 4 is 5.97 Å². The molecule has 0 fully saturated rings. The monoisotopic (exact) mass is 245 g/mol. The highest BCUT2D eigenvalue weighted by molar-refractivity contribution is 5.74. The molecule has 0 spiro atoms. The van der Waals surface area contributed by atoms with Crippen LogP contribution in [0.25, 0.3) is 0 Å². The Bertz CT molecular complexity index is 439. The van der Waals surface area contributed by atoms with E-state index in [4.69, 9.17) is 0 Å². The van der Waals surface area contributed by atoms with Crippen LogP contribution in [0.3, 0.4) is 0 Å². The average Bonchev–Trinajstić information content (AvgIpc) is 2.38. The summed E-state index contributed by atoms with van der Waals surface area (Å²) in [6.07, 6.45) is 2.61. The van der Waals surface area contributed by atoms with Gasteiger partial charge in [0.15, 0.2) is 0 Å². The molecule has 0 aliphatic carbocycles. The number of carbonyl (C=O) groups is 1. The molecule has 3 heteroatoms. The summed E-state index contributed by atoms with van der Waals surface area (Å²) < 4.78 is 0. The molecule has 1 aliphatic heterocycles. The lowest BCUT2D eigenvalue weighted by atomic mass is 9.83. The second-order valence-corrected chi connectivity index (χ2v) is 4.84. The largest absolute Gasteiger partial charge is 0.481 e. The van der Waals surface area contributed by atoms with Gasteiger partial charge in [0.2, 0.25) is 0 Å². The van der Waals surface area contributed by atoms with E-state index in [-0.39, 0.29) is 0 Å². The normalized spacial score (nSPS) is 21.2. The van der Waals surface area contributed by atoms with Crippen molar-refractivity contribution in [3.63, 3.8) is 0 Å². The molecular weight excluding hydrogens is 226 g/mol. The SMILES string of the molecule is CC1CNCC=C1C(Cc1ccccc1)C(=O)O. The standard InChI is InChI=1S/C15H19NO2/c1-11-10-16-8-7-13(11)14(15(17)18)9-12-5-3-2-4-6-12/h2-7,11,14,16H,8-10H2,1H3,(H,17,18). The lowest BCUT2D eigenvalue weighted by Crippen LogP contribution is -2.33. The van der Waals surface area contributed by atoms with E-state index in [0.717, 1.165) is 24.2 Å². The van der Waals surface area contributed by atoms with E-state index in [1.807, 2.05) is 36.4 Å². The molecule has 0 radical (unpaired) electrons. The third-order valence-electron chi connectivity index (χ3n) is 3.48. The summed E-state index contributed by atoms with van der Waals surface area (Å²) in [4.78, 5) is 11.5. The van der Waals surface area contributed by atoms with Gasteiger partial charge < -0.3 is 10.4 Å². The minimum atomic E-state index is -0.723. The number of rotatable bonds is 4. The fourth-order valence-electron chi connectivity index (χ4n) is 2.49. The fraction of sp³-hybridized carbons (Fsp3) is 0.400. The van der Waals surface area contributed by atoms with Gasteiger partial charge in [0.05, 0.1) is 5.92 Å². The number of aliphatic carboxylic acids is 1. The summed E-state index contributed by atoms with van der Waals surface area (Å²) in [5, 5.41) is 12.7. The van der Waals surface area contributed by atoms with E-state index in [9.17, 15) is 9.90 Å². The summed E-state index contributed by atoms with van der Waals surface area (Å²) in [5.74, 6) is -0.827. The first-order valence-corrected chi connectivity index (χ1v) is 6.36. The average molecular weight is 245 g/mol. The van der Waals surface area contributed by atoms with Crippen LogP contribution in [-0.2, 0) is 11.2 Å². The van der Waals surface area contributed by atoms with Crippen LogP contribution in [0.4, 0.5) is 0 Å². The van der Waals surface area contributed by atoms with Gasteiger partial charge in [-0.2, -0.15) is 0 Å². The van der Waals surface area contributed by atoms with Crippen molar-refractivity contribution in [2.75, 3.05) is 13.1 Å². The number of hydrogen-bond acceptors (Lipinski definition) is 2. The molecule has 96 valence electrons. The number of benzene rings is 1. The maximum absolute atomic E-state index is 11.5. The van der Waals surface area contributed by atoms with E-state index < -0.39 is 11.9 Å². The molecular formula is C15H19NO2. The van der Waals surface area contributed by atoms with Gasteiger partial charge >= 0.3 is 5.97 Å². The van der Waals surface area contributed by atoms with Crippen LogP contribution < -0.4 is 5.32 Å². The van der Waals surface area contributed by atoms with Crippen LogP contribution in [0.2, 0.25) is 0 Å². The van der Waals surface area contributed by atoms with E-state index >= 15 is 0 Å². The van der Waals surface area contributed by atoms with E-state index in [0.29, 0.717) is 12.3 Å². The van der Waals surface area contributed by atoms with Crippen molar-refractivity contribution in [3.05, 3.63) is 47.5 Å². The van der Waals surface area contributed by atoms with Gasteiger partial charge in [-0.05, 0) is 17.9 Å². The first-order chi connectivity index (χ1) is 8.68. The zero-order chi connectivity index (χ0) is 13.0. The molecule has 0 bridgehead atoms. The van der Waals surface area contributed by atoms with E-state index in [1.165, 1.54) is 0 Å². The predicted molar refractivity (Wildman–Crippen MR) is 71.4 cm³/mol. The second-order valence-electron chi connectivity index (χ2n) is 4.84. The fourth-order valence-corrected chi connectivity index (χ4v) is 2.49. The van der Waals surface area contributed by atoms with Gasteiger partial charge in [-0.25, -0.2) is 0 Å². The molecule has 3 nitrogen and oxygen atoms in total. The molecule has 2 N–H and O–H groups in total. The third-order valence-corrected chi connectivity index (χ3v) is 3.48. The number of hydrogen-bond donors (Lipinski definition) is 2. The van der Waals surface area contributed by atoms with Gasteiger partial charge in [0.25, 0.3) is 0 Å². The highest BCUT2D eigenvalue weighted by Gasteiger charge is 2.27. The maximum atomic E-state index is 11.5. The third kappa shape index (κ3) is 2.99. The molecule has 18 heavy (non-hydrogen) atoms. The van der Waals surface area contributed by atoms with Gasteiger partial charge in [0, 0.05) is 13.1 Å². The van der Waals surface area contributed by atoms with Crippen molar-refractivity contribution in [1.82, 2.24) is 5.32 Å². The van der Waals surface area contributed by atoms with Crippen LogP contribution in [0.1, 0.15) is 12.5 Å². The Morgan fingerprint density at radius 1 is 1.44 bits per heavy atom. The van der Waals surface area contributed by atoms with Crippen molar-refractivity contribution in [2.45, 2.75) is 13.3 Å². The van der Waals surface area contributed by atoms with Crippen LogP contribution in [0, 0.1) is 11.8 Å². The van der Waals surface area contributed by atoms with Gasteiger partial charge in [0.1, 0.15) is 0 Å². The Morgan fingerprint density at radius 2 is 2.17 bits per heavy atom. The van der Waals surface area contributed by atoms with Crippen LogP contribution in [-0.4, -0.2) is 24.2 Å². The highest BCUT2D eigenvalue weighted by atomic mass is 16.4. The molecule has 2 unspecified atom stereocenters. The summed E-state index contributed by atoms with van der Waals surface area (Å²) in [5.41, 5.74) is 2.14. The molecule has 0 saturated heterocycles. The molecule has 2 rings (SSSR count). The van der Waals surface area contributed by atoms with Crippen molar-refractivity contribution in [2.24, 2.45) is 11.8 Å². The molecule has 1 aliphatic rings. The Hall–Kier alpha value is -1.61. The van der Waals surface area contributed by atoms with Crippen LogP contribution in [0.15, 0.2) is 42.0 Å². The summed E-state index contributed by atoms with van der Waals surface area (Å²) in [6.45, 7) is 3.72. The van der Waals surface area contributed by atoms with Crippen LogP contribution >= 0.6 is 0 Å². The predicted octanol–water partition coefficient (Wildman–Crippen LogP) is 2.10. The van der Waals surface area contributed by atoms with Crippen molar-refractivity contribution < 1.29 is 9.90 Å². The lowest BCUT2D eigenvalue weighted by Gasteiger charge is -2.26. The Morgan fingerprint density at radius 3 is 2.78 bits per heavy atom. The summed E-state index contributed by atoms with van der Waals surface area (Å²) >= 11 is 0. The smallest absolute Gasteiger partial charge is 0.310 e. The summed E-state index contributed by atoms with van der Waals surface area (Å²) in [7, 11) is 0. The zero-order valence-corrected chi connectivity index (χ0v) is 10.6. The Kier molecular flexibility index (Phi) is 4.15. The molecule has 0 saturated carbocycles. The Balaban J connectivity index is 2.19. The van der Waals surface area contributed by atoms with E-state index in [2.05, 4.69) is 12.2 Å². The second kappa shape index (κ2) is 5.83. The quantitative estimate of drug-likeness (QED) is 0.799. The minimum Gasteiger partial charge on any atom is -0.481 e. The van der Waals surface area contributed by atoms with Gasteiger partial charge in [-0.1, -0.05) is 48.9 Å². The molecule has 2 atom stereocenters. The highest BCUT2D eigenvalue weighted by Crippen LogP contribution is 2.25. The zero-order valence-electron chi connectivity index (χ0n) is 10.6. The van der Waals surface area contributed by atoms with Gasteiger partial charge in [-0.3, -0.25) is 4.79 Å². The topological polar surface area (TPSA) is 49.3 Å². The Labute approximate surface area is 108 Å². The lowest BCUT2D eigenvalue weighted by molar-refractivity contribution is -0.140. The van der Waals surface area contributed by atoms with E-state index in [1.54, 1.807) is 0 Å². The first-order valence-electron chi connectivity index (χ1n) is 6.36. The molecule has 1 heterocycles. The first kappa shape index (κ1) is 12.8.